The molecule has 0 radical (unpaired) electrons. The third-order valence-electron chi connectivity index (χ3n) is 4.12. The van der Waals surface area contributed by atoms with Crippen molar-refractivity contribution < 1.29 is 0 Å². The zero-order valence-electron chi connectivity index (χ0n) is 12.1. The Bertz CT molecular complexity index is 257. The van der Waals surface area contributed by atoms with Gasteiger partial charge in [0.05, 0.1) is 0 Å². The molecule has 0 aromatic heterocycles. The first-order chi connectivity index (χ1) is 7.94. The predicted octanol–water partition coefficient (Wildman–Crippen LogP) is 3.84. The van der Waals surface area contributed by atoms with Gasteiger partial charge in [-0.05, 0) is 49.5 Å². The van der Waals surface area contributed by atoms with Crippen LogP contribution in [0.5, 0.6) is 0 Å². The molecule has 0 saturated heterocycles. The highest BCUT2D eigenvalue weighted by atomic mass is 14.9. The van der Waals surface area contributed by atoms with Crippen LogP contribution in [0.2, 0.25) is 0 Å². The normalized spacial score (nSPS) is 28.0. The van der Waals surface area contributed by atoms with Gasteiger partial charge in [-0.25, -0.2) is 0 Å². The third-order valence-corrected chi connectivity index (χ3v) is 4.12. The Labute approximate surface area is 108 Å². The maximum absolute atomic E-state index is 5.42. The molecule has 1 N–H and O–H groups in total. The second-order valence-electron chi connectivity index (χ2n) is 6.73. The van der Waals surface area contributed by atoms with E-state index in [9.17, 15) is 0 Å². The highest BCUT2D eigenvalue weighted by molar-refractivity contribution is 4.90. The molecular formula is C16H29N. The molecule has 0 spiro atoms. The van der Waals surface area contributed by atoms with E-state index in [4.69, 9.17) is 6.42 Å². The predicted molar refractivity (Wildman–Crippen MR) is 75.8 cm³/mol. The third kappa shape index (κ3) is 5.13. The Balaban J connectivity index is 2.51. The maximum atomic E-state index is 5.42. The van der Waals surface area contributed by atoms with Gasteiger partial charge in [0.25, 0.3) is 0 Å². The zero-order valence-corrected chi connectivity index (χ0v) is 12.1. The van der Waals surface area contributed by atoms with E-state index in [1.54, 1.807) is 0 Å². The molecule has 2 unspecified atom stereocenters. The molecule has 1 nitrogen and oxygen atoms in total. The number of rotatable bonds is 5. The van der Waals surface area contributed by atoms with Crippen molar-refractivity contribution in [2.24, 2.45) is 17.3 Å². The van der Waals surface area contributed by atoms with E-state index < -0.39 is 0 Å². The van der Waals surface area contributed by atoms with Gasteiger partial charge in [-0.3, -0.25) is 0 Å². The molecule has 0 aromatic rings. The van der Waals surface area contributed by atoms with Crippen molar-refractivity contribution in [3.8, 4) is 12.3 Å². The summed E-state index contributed by atoms with van der Waals surface area (Å²) < 4.78 is 0. The second-order valence-corrected chi connectivity index (χ2v) is 6.73. The van der Waals surface area contributed by atoms with Crippen LogP contribution < -0.4 is 5.32 Å². The van der Waals surface area contributed by atoms with Gasteiger partial charge in [0.15, 0.2) is 0 Å². The first kappa shape index (κ1) is 14.6. The van der Waals surface area contributed by atoms with E-state index in [1.165, 1.54) is 32.2 Å². The van der Waals surface area contributed by atoms with Crippen LogP contribution in [-0.4, -0.2) is 12.6 Å². The van der Waals surface area contributed by atoms with Crippen LogP contribution in [0.15, 0.2) is 0 Å². The van der Waals surface area contributed by atoms with Gasteiger partial charge in [0.2, 0.25) is 0 Å². The molecule has 0 bridgehead atoms. The minimum Gasteiger partial charge on any atom is -0.314 e. The smallest absolute Gasteiger partial charge is 0.00888 e. The molecule has 1 rings (SSSR count). The Morgan fingerprint density at radius 1 is 1.35 bits per heavy atom. The lowest BCUT2D eigenvalue weighted by atomic mass is 9.66. The Morgan fingerprint density at radius 3 is 2.65 bits per heavy atom. The van der Waals surface area contributed by atoms with Gasteiger partial charge in [0, 0.05) is 12.5 Å². The van der Waals surface area contributed by atoms with Crippen molar-refractivity contribution in [2.75, 3.05) is 6.54 Å². The number of hydrogen-bond donors (Lipinski definition) is 1. The highest BCUT2D eigenvalue weighted by Gasteiger charge is 2.34. The lowest BCUT2D eigenvalue weighted by molar-refractivity contribution is 0.109. The molecule has 1 aliphatic carbocycles. The summed E-state index contributed by atoms with van der Waals surface area (Å²) in [6.07, 6.45) is 11.6. The molecule has 1 heteroatoms. The van der Waals surface area contributed by atoms with E-state index in [0.29, 0.717) is 11.5 Å². The fourth-order valence-electron chi connectivity index (χ4n) is 3.05. The van der Waals surface area contributed by atoms with Gasteiger partial charge in [-0.1, -0.05) is 27.7 Å². The van der Waals surface area contributed by atoms with Gasteiger partial charge in [0.1, 0.15) is 0 Å². The van der Waals surface area contributed by atoms with Crippen molar-refractivity contribution in [1.82, 2.24) is 5.32 Å². The quantitative estimate of drug-likeness (QED) is 0.714. The van der Waals surface area contributed by atoms with Crippen LogP contribution in [0.3, 0.4) is 0 Å². The van der Waals surface area contributed by atoms with E-state index >= 15 is 0 Å². The fourth-order valence-corrected chi connectivity index (χ4v) is 3.05. The van der Waals surface area contributed by atoms with Crippen molar-refractivity contribution >= 4 is 0 Å². The zero-order chi connectivity index (χ0) is 12.9. The summed E-state index contributed by atoms with van der Waals surface area (Å²) >= 11 is 0. The monoisotopic (exact) mass is 235 g/mol. The van der Waals surface area contributed by atoms with E-state index in [0.717, 1.165) is 18.3 Å². The SMILES string of the molecule is C#CCCC1CC(C)(C)CCC1CNC(C)C. The fraction of sp³-hybridized carbons (Fsp3) is 0.875. The van der Waals surface area contributed by atoms with Crippen LogP contribution >= 0.6 is 0 Å². The van der Waals surface area contributed by atoms with Gasteiger partial charge >= 0.3 is 0 Å². The first-order valence-corrected chi connectivity index (χ1v) is 7.11. The molecule has 2 atom stereocenters. The molecule has 98 valence electrons. The summed E-state index contributed by atoms with van der Waals surface area (Å²) in [6.45, 7) is 10.4. The summed E-state index contributed by atoms with van der Waals surface area (Å²) in [7, 11) is 0. The molecule has 0 heterocycles. The van der Waals surface area contributed by atoms with Gasteiger partial charge in [-0.2, -0.15) is 0 Å². The standard InChI is InChI=1S/C16H29N/c1-6-7-8-14-11-16(4,5)10-9-15(14)12-17-13(2)3/h1,13-15,17H,7-12H2,2-5H3. The molecule has 1 fully saturated rings. The van der Waals surface area contributed by atoms with Crippen molar-refractivity contribution in [2.45, 2.75) is 65.8 Å². The number of terminal acetylenes is 1. The minimum atomic E-state index is 0.521. The molecular weight excluding hydrogens is 206 g/mol. The average molecular weight is 235 g/mol. The largest absolute Gasteiger partial charge is 0.314 e. The molecule has 1 saturated carbocycles. The number of hydrogen-bond acceptors (Lipinski definition) is 1. The summed E-state index contributed by atoms with van der Waals surface area (Å²) in [5.74, 6) is 4.46. The van der Waals surface area contributed by atoms with Crippen molar-refractivity contribution in [1.29, 1.82) is 0 Å². The first-order valence-electron chi connectivity index (χ1n) is 7.11. The molecule has 17 heavy (non-hydrogen) atoms. The minimum absolute atomic E-state index is 0.521. The maximum Gasteiger partial charge on any atom is 0.00888 e. The summed E-state index contributed by atoms with van der Waals surface area (Å²) in [6, 6.07) is 0.596. The summed E-state index contributed by atoms with van der Waals surface area (Å²) in [5.41, 5.74) is 0.521. The molecule has 0 aromatic carbocycles. The van der Waals surface area contributed by atoms with Crippen LogP contribution in [0.25, 0.3) is 0 Å². The van der Waals surface area contributed by atoms with Gasteiger partial charge in [-0.15, -0.1) is 12.3 Å². The molecule has 1 aliphatic rings. The van der Waals surface area contributed by atoms with E-state index in [2.05, 4.69) is 38.9 Å². The highest BCUT2D eigenvalue weighted by Crippen LogP contribution is 2.43. The van der Waals surface area contributed by atoms with Crippen LogP contribution in [0, 0.1) is 29.6 Å². The van der Waals surface area contributed by atoms with E-state index in [-0.39, 0.29) is 0 Å². The molecule has 0 aliphatic heterocycles. The number of nitrogens with one attached hydrogen (secondary N) is 1. The van der Waals surface area contributed by atoms with E-state index in [1.807, 2.05) is 0 Å². The van der Waals surface area contributed by atoms with Crippen LogP contribution in [-0.2, 0) is 0 Å². The topological polar surface area (TPSA) is 12.0 Å². The second kappa shape index (κ2) is 6.45. The van der Waals surface area contributed by atoms with Crippen molar-refractivity contribution in [3.63, 3.8) is 0 Å². The lowest BCUT2D eigenvalue weighted by Crippen LogP contribution is -2.38. The summed E-state index contributed by atoms with van der Waals surface area (Å²) in [4.78, 5) is 0. The molecule has 0 amide bonds. The Kier molecular flexibility index (Phi) is 5.53. The average Bonchev–Trinajstić information content (AvgIpc) is 2.24. The van der Waals surface area contributed by atoms with Crippen molar-refractivity contribution in [3.05, 3.63) is 0 Å². The van der Waals surface area contributed by atoms with Crippen LogP contribution in [0.1, 0.15) is 59.8 Å². The van der Waals surface area contributed by atoms with Crippen LogP contribution in [0.4, 0.5) is 0 Å². The lowest BCUT2D eigenvalue weighted by Gasteiger charge is -2.41. The summed E-state index contributed by atoms with van der Waals surface area (Å²) in [5, 5.41) is 3.60. The Hall–Kier alpha value is -0.480. The van der Waals surface area contributed by atoms with Gasteiger partial charge < -0.3 is 5.32 Å². The Morgan fingerprint density at radius 2 is 2.06 bits per heavy atom.